The quantitative estimate of drug-likeness (QED) is 0.330. The molecule has 0 saturated carbocycles. The Bertz CT molecular complexity index is 1210. The smallest absolute Gasteiger partial charge is 0.335 e. The number of rotatable bonds is 6. The molecule has 0 saturated heterocycles. The molecule has 0 unspecified atom stereocenters. The van der Waals surface area contributed by atoms with Gasteiger partial charge in [0.05, 0.1) is 21.6 Å². The van der Waals surface area contributed by atoms with Crippen LogP contribution in [0.25, 0.3) is 9.53 Å². The Morgan fingerprint density at radius 1 is 0.900 bits per heavy atom. The first-order chi connectivity index (χ1) is 14.5. The van der Waals surface area contributed by atoms with E-state index >= 15 is 0 Å². The summed E-state index contributed by atoms with van der Waals surface area (Å²) in [7, 11) is 3.98. The summed E-state index contributed by atoms with van der Waals surface area (Å²) in [6.45, 7) is 0. The van der Waals surface area contributed by atoms with Crippen LogP contribution in [0.2, 0.25) is 0 Å². The zero-order valence-electron chi connectivity index (χ0n) is 16.1. The minimum Gasteiger partial charge on any atom is -0.478 e. The maximum absolute atomic E-state index is 10.9. The third-order valence-electron chi connectivity index (χ3n) is 4.06. The molecule has 0 radical (unpaired) electrons. The highest BCUT2D eigenvalue weighted by molar-refractivity contribution is 7.30. The van der Waals surface area contributed by atoms with Crippen LogP contribution in [0.5, 0.6) is 0 Å². The lowest BCUT2D eigenvalue weighted by Crippen LogP contribution is -2.07. The van der Waals surface area contributed by atoms with E-state index in [0.717, 1.165) is 20.9 Å². The Balaban J connectivity index is 1.45. The number of thiazole rings is 1. The molecule has 0 spiro atoms. The molecule has 150 valence electrons. The number of fused-ring (bicyclic) bond motifs is 1. The van der Waals surface area contributed by atoms with Gasteiger partial charge in [0.25, 0.3) is 0 Å². The normalized spacial score (nSPS) is 11.7. The summed E-state index contributed by atoms with van der Waals surface area (Å²) in [6.07, 6.45) is 0. The number of nitrogens with zero attached hydrogens (tertiary/aromatic N) is 6. The van der Waals surface area contributed by atoms with Crippen LogP contribution in [0.15, 0.2) is 75.1 Å². The zero-order chi connectivity index (χ0) is 21.1. The van der Waals surface area contributed by atoms with Crippen LogP contribution < -0.4 is 4.90 Å². The monoisotopic (exact) mass is 436 g/mol. The fraction of sp³-hybridized carbons (Fsp3) is 0.100. The van der Waals surface area contributed by atoms with Gasteiger partial charge in [-0.05, 0) is 54.6 Å². The van der Waals surface area contributed by atoms with Crippen molar-refractivity contribution in [1.29, 1.82) is 0 Å². The van der Waals surface area contributed by atoms with E-state index in [1.807, 2.05) is 49.3 Å². The van der Waals surface area contributed by atoms with Gasteiger partial charge in [0.2, 0.25) is 5.13 Å². The summed E-state index contributed by atoms with van der Waals surface area (Å²) in [5.74, 6) is -0.971. The van der Waals surface area contributed by atoms with Crippen LogP contribution in [0, 0.1) is 0 Å². The molecule has 4 rings (SSSR count). The van der Waals surface area contributed by atoms with E-state index in [0.29, 0.717) is 15.8 Å². The van der Waals surface area contributed by atoms with Gasteiger partial charge in [-0.3, -0.25) is 0 Å². The van der Waals surface area contributed by atoms with Crippen LogP contribution in [-0.2, 0) is 0 Å². The van der Waals surface area contributed by atoms with Crippen molar-refractivity contribution in [1.82, 2.24) is 4.98 Å². The highest BCUT2D eigenvalue weighted by Gasteiger charge is 2.08. The maximum Gasteiger partial charge on any atom is 0.335 e. The van der Waals surface area contributed by atoms with Gasteiger partial charge in [0.1, 0.15) is 9.83 Å². The van der Waals surface area contributed by atoms with E-state index < -0.39 is 5.97 Å². The van der Waals surface area contributed by atoms with Crippen molar-refractivity contribution in [2.45, 2.75) is 0 Å². The van der Waals surface area contributed by atoms with Gasteiger partial charge in [0.15, 0.2) is 0 Å². The lowest BCUT2D eigenvalue weighted by atomic mass is 10.2. The summed E-state index contributed by atoms with van der Waals surface area (Å²) >= 11 is 2.85. The molecule has 10 heteroatoms. The van der Waals surface area contributed by atoms with Crippen molar-refractivity contribution in [3.63, 3.8) is 0 Å². The van der Waals surface area contributed by atoms with E-state index in [1.165, 1.54) is 34.8 Å². The Morgan fingerprint density at radius 3 is 2.13 bits per heavy atom. The van der Waals surface area contributed by atoms with Crippen molar-refractivity contribution in [3.05, 3.63) is 60.2 Å². The van der Waals surface area contributed by atoms with Crippen LogP contribution in [0.3, 0.4) is 0 Å². The summed E-state index contributed by atoms with van der Waals surface area (Å²) in [4.78, 5) is 18.2. The van der Waals surface area contributed by atoms with Crippen molar-refractivity contribution in [3.8, 4) is 0 Å². The molecule has 0 amide bonds. The van der Waals surface area contributed by atoms with Gasteiger partial charge in [-0.1, -0.05) is 22.7 Å². The van der Waals surface area contributed by atoms with Gasteiger partial charge < -0.3 is 10.0 Å². The number of anilines is 1. The number of aromatic carboxylic acids is 1. The number of thiophene rings is 1. The first-order valence-corrected chi connectivity index (χ1v) is 10.5. The second-order valence-corrected chi connectivity index (χ2v) is 8.43. The van der Waals surface area contributed by atoms with Crippen molar-refractivity contribution < 1.29 is 9.90 Å². The first-order valence-electron chi connectivity index (χ1n) is 8.82. The molecule has 2 heterocycles. The van der Waals surface area contributed by atoms with Crippen molar-refractivity contribution in [2.75, 3.05) is 19.0 Å². The highest BCUT2D eigenvalue weighted by atomic mass is 32.1. The molecular weight excluding hydrogens is 420 g/mol. The minimum absolute atomic E-state index is 0.213. The largest absolute Gasteiger partial charge is 0.478 e. The third-order valence-corrected chi connectivity index (χ3v) is 5.99. The average molecular weight is 437 g/mol. The van der Waals surface area contributed by atoms with Gasteiger partial charge in [-0.25, -0.2) is 9.78 Å². The van der Waals surface area contributed by atoms with Crippen LogP contribution in [0.4, 0.5) is 27.2 Å². The number of hydrogen-bond acceptors (Lipinski definition) is 9. The number of carbonyl (C=O) groups is 1. The number of hydrogen-bond donors (Lipinski definition) is 1. The first kappa shape index (κ1) is 19.8. The Hall–Kier alpha value is -3.50. The second kappa shape index (κ2) is 8.47. The molecule has 8 nitrogen and oxygen atoms in total. The lowest BCUT2D eigenvalue weighted by Gasteiger charge is -2.11. The number of azo groups is 2. The second-order valence-electron chi connectivity index (χ2n) is 6.41. The van der Waals surface area contributed by atoms with Gasteiger partial charge >= 0.3 is 5.97 Å². The van der Waals surface area contributed by atoms with Crippen LogP contribution in [-0.4, -0.2) is 30.2 Å². The number of aromatic nitrogens is 1. The molecule has 4 aromatic rings. The fourth-order valence-corrected chi connectivity index (χ4v) is 4.35. The topological polar surface area (TPSA) is 103 Å². The Morgan fingerprint density at radius 2 is 1.53 bits per heavy atom. The van der Waals surface area contributed by atoms with Crippen molar-refractivity contribution >= 4 is 65.4 Å². The minimum atomic E-state index is -0.971. The van der Waals surface area contributed by atoms with E-state index in [2.05, 4.69) is 25.4 Å². The van der Waals surface area contributed by atoms with Crippen molar-refractivity contribution in [2.24, 2.45) is 20.5 Å². The molecule has 2 aromatic heterocycles. The molecule has 2 aromatic carbocycles. The highest BCUT2D eigenvalue weighted by Crippen LogP contribution is 2.39. The van der Waals surface area contributed by atoms with E-state index in [1.54, 1.807) is 12.1 Å². The van der Waals surface area contributed by atoms with Gasteiger partial charge in [-0.2, -0.15) is 0 Å². The van der Waals surface area contributed by atoms with E-state index in [9.17, 15) is 4.79 Å². The van der Waals surface area contributed by atoms with Crippen LogP contribution >= 0.6 is 22.7 Å². The zero-order valence-corrected chi connectivity index (χ0v) is 17.7. The number of carboxylic acids is 1. The number of carboxylic acid groups (broad SMARTS) is 1. The summed E-state index contributed by atoms with van der Waals surface area (Å²) < 4.78 is 0.965. The molecule has 0 aliphatic rings. The standard InChI is InChI=1S/C20H16N6O2S2/c1-26(2)15-9-7-14(8-10-15)23-25-20-21-18-16(29-20)11-17(30-18)24-22-13-5-3-12(4-6-13)19(27)28/h3-11H,1-2H3,(H,27,28). The van der Waals surface area contributed by atoms with Gasteiger partial charge in [0, 0.05) is 19.8 Å². The molecule has 0 aliphatic carbocycles. The predicted octanol–water partition coefficient (Wildman–Crippen LogP) is 6.95. The molecule has 0 fully saturated rings. The molecule has 1 N–H and O–H groups in total. The lowest BCUT2D eigenvalue weighted by molar-refractivity contribution is 0.0697. The molecular formula is C20H16N6O2S2. The maximum atomic E-state index is 10.9. The third kappa shape index (κ3) is 4.56. The van der Waals surface area contributed by atoms with Gasteiger partial charge in [-0.15, -0.1) is 20.5 Å². The molecule has 0 atom stereocenters. The van der Waals surface area contributed by atoms with E-state index in [4.69, 9.17) is 5.11 Å². The van der Waals surface area contributed by atoms with Crippen LogP contribution in [0.1, 0.15) is 10.4 Å². The number of benzene rings is 2. The molecule has 0 bridgehead atoms. The average Bonchev–Trinajstić information content (AvgIpc) is 3.29. The fourth-order valence-electron chi connectivity index (χ4n) is 2.50. The summed E-state index contributed by atoms with van der Waals surface area (Å²) in [5.41, 5.74) is 2.66. The Kier molecular flexibility index (Phi) is 5.59. The Labute approximate surface area is 179 Å². The summed E-state index contributed by atoms with van der Waals surface area (Å²) in [5, 5.41) is 27.1. The molecule has 0 aliphatic heterocycles. The SMILES string of the molecule is CN(C)c1ccc(N=Nc2nc3sc(N=Nc4ccc(C(=O)O)cc4)cc3s2)cc1. The molecule has 30 heavy (non-hydrogen) atoms. The predicted molar refractivity (Wildman–Crippen MR) is 120 cm³/mol. The summed E-state index contributed by atoms with van der Waals surface area (Å²) in [6, 6.07) is 15.9. The van der Waals surface area contributed by atoms with E-state index in [-0.39, 0.29) is 5.56 Å².